The Morgan fingerprint density at radius 2 is 1.67 bits per heavy atom. The van der Waals surface area contributed by atoms with E-state index >= 15 is 0 Å². The molecule has 5 rings (SSSR count). The monoisotopic (exact) mass is 556 g/mol. The zero-order valence-electron chi connectivity index (χ0n) is 16.8. The van der Waals surface area contributed by atoms with Crippen molar-refractivity contribution in [2.75, 3.05) is 11.4 Å². The number of hydrogen-bond donors (Lipinski definition) is 0. The van der Waals surface area contributed by atoms with E-state index in [4.69, 9.17) is 11.6 Å². The van der Waals surface area contributed by atoms with E-state index in [0.29, 0.717) is 16.4 Å². The average Bonchev–Trinajstić information content (AvgIpc) is 3.06. The number of carbonyl (C=O) groups excluding carboxylic acids is 3. The molecule has 33 heavy (non-hydrogen) atoms. The molecule has 164 valence electrons. The van der Waals surface area contributed by atoms with Gasteiger partial charge in [-0.2, -0.15) is 0 Å². The maximum atomic E-state index is 13.5. The number of rotatable bonds is 3. The number of thioether (sulfide) groups is 1. The van der Waals surface area contributed by atoms with Gasteiger partial charge in [0.05, 0.1) is 16.3 Å². The molecule has 3 aromatic rings. The Morgan fingerprint density at radius 1 is 0.939 bits per heavy atom. The Morgan fingerprint density at radius 3 is 2.45 bits per heavy atom. The zero-order valence-corrected chi connectivity index (χ0v) is 20.8. The second kappa shape index (κ2) is 9.02. The minimum absolute atomic E-state index is 0.285. The molecule has 1 fully saturated rings. The number of imide groups is 1. The van der Waals surface area contributed by atoms with Crippen LogP contribution in [0.2, 0.25) is 5.02 Å². The van der Waals surface area contributed by atoms with Gasteiger partial charge in [-0.05, 0) is 65.9 Å². The highest BCUT2D eigenvalue weighted by Gasteiger charge is 2.38. The summed E-state index contributed by atoms with van der Waals surface area (Å²) in [6, 6.07) is 20.3. The predicted octanol–water partition coefficient (Wildman–Crippen LogP) is 6.97. The van der Waals surface area contributed by atoms with Crippen molar-refractivity contribution in [2.45, 2.75) is 9.79 Å². The molecule has 0 aromatic heterocycles. The zero-order chi connectivity index (χ0) is 23.1. The maximum Gasteiger partial charge on any atom is 0.294 e. The molecule has 0 atom stereocenters. The van der Waals surface area contributed by atoms with Crippen molar-refractivity contribution in [1.29, 1.82) is 0 Å². The van der Waals surface area contributed by atoms with Crippen molar-refractivity contribution in [3.05, 3.63) is 86.7 Å². The van der Waals surface area contributed by atoms with Gasteiger partial charge in [0, 0.05) is 19.3 Å². The standard InChI is InChI=1S/C24H14BrClN2O3S2/c25-15-7-5-14(6-8-15)11-21-23(30)27(24(31)33-21)13-22(29)28-17-3-1-2-4-19(17)32-20-10-9-16(26)12-18(20)28/h1-12H,13H2. The van der Waals surface area contributed by atoms with Crippen molar-refractivity contribution in [3.8, 4) is 0 Å². The molecule has 0 saturated carbocycles. The fourth-order valence-electron chi connectivity index (χ4n) is 3.55. The molecule has 2 aliphatic rings. The molecule has 9 heteroatoms. The van der Waals surface area contributed by atoms with Crippen LogP contribution >= 0.6 is 51.1 Å². The topological polar surface area (TPSA) is 57.7 Å². The van der Waals surface area contributed by atoms with E-state index in [0.717, 1.165) is 36.5 Å². The van der Waals surface area contributed by atoms with Crippen molar-refractivity contribution >= 4 is 85.6 Å². The predicted molar refractivity (Wildman–Crippen MR) is 136 cm³/mol. The molecule has 1 saturated heterocycles. The van der Waals surface area contributed by atoms with Crippen LogP contribution in [0.15, 0.2) is 85.9 Å². The van der Waals surface area contributed by atoms with E-state index in [1.807, 2.05) is 54.6 Å². The Bertz CT molecular complexity index is 1340. The Balaban J connectivity index is 1.44. The highest BCUT2D eigenvalue weighted by molar-refractivity contribution is 9.10. The van der Waals surface area contributed by atoms with Gasteiger partial charge < -0.3 is 0 Å². The van der Waals surface area contributed by atoms with Gasteiger partial charge in [-0.25, -0.2) is 0 Å². The molecule has 3 aromatic carbocycles. The van der Waals surface area contributed by atoms with Crippen LogP contribution in [0.25, 0.3) is 6.08 Å². The average molecular weight is 558 g/mol. The second-order valence-corrected chi connectivity index (χ2v) is 10.7. The van der Waals surface area contributed by atoms with Gasteiger partial charge in [-0.15, -0.1) is 0 Å². The molecule has 5 nitrogen and oxygen atoms in total. The van der Waals surface area contributed by atoms with Crippen LogP contribution in [0.3, 0.4) is 0 Å². The summed E-state index contributed by atoms with van der Waals surface area (Å²) in [5.74, 6) is -0.870. The van der Waals surface area contributed by atoms with Crippen LogP contribution in [0.1, 0.15) is 5.56 Å². The number of benzene rings is 3. The van der Waals surface area contributed by atoms with Crippen LogP contribution in [0.4, 0.5) is 16.2 Å². The molecule has 0 aliphatic carbocycles. The quantitative estimate of drug-likeness (QED) is 0.326. The first-order valence-electron chi connectivity index (χ1n) is 9.81. The minimum atomic E-state index is -0.479. The van der Waals surface area contributed by atoms with Gasteiger partial charge in [0.2, 0.25) is 0 Å². The maximum absolute atomic E-state index is 13.5. The lowest BCUT2D eigenvalue weighted by Crippen LogP contribution is -2.41. The fourth-order valence-corrected chi connectivity index (χ4v) is 5.86. The number of anilines is 2. The molecular formula is C24H14BrClN2O3S2. The Labute approximate surface area is 211 Å². The van der Waals surface area contributed by atoms with Crippen molar-refractivity contribution in [1.82, 2.24) is 4.90 Å². The van der Waals surface area contributed by atoms with Gasteiger partial charge in [0.15, 0.2) is 0 Å². The summed E-state index contributed by atoms with van der Waals surface area (Å²) in [5.41, 5.74) is 2.12. The number of nitrogens with zero attached hydrogens (tertiary/aromatic N) is 2. The molecular weight excluding hydrogens is 544 g/mol. The molecule has 2 heterocycles. The summed E-state index contributed by atoms with van der Waals surface area (Å²) < 4.78 is 0.915. The summed E-state index contributed by atoms with van der Waals surface area (Å²) in [7, 11) is 0. The highest BCUT2D eigenvalue weighted by atomic mass is 79.9. The normalized spacial score (nSPS) is 16.2. The molecule has 0 radical (unpaired) electrons. The number of carbonyl (C=O) groups is 3. The first-order chi connectivity index (χ1) is 15.9. The molecule has 0 spiro atoms. The number of fused-ring (bicyclic) bond motifs is 2. The van der Waals surface area contributed by atoms with Gasteiger partial charge >= 0.3 is 0 Å². The van der Waals surface area contributed by atoms with Crippen molar-refractivity contribution < 1.29 is 14.4 Å². The summed E-state index contributed by atoms with van der Waals surface area (Å²) in [5, 5.41) is 0.0258. The first kappa shape index (κ1) is 22.3. The SMILES string of the molecule is O=C1SC(=Cc2ccc(Br)cc2)C(=O)N1CC(=O)N1c2ccccc2Sc2ccc(Cl)cc21. The third-order valence-corrected chi connectivity index (χ3v) is 7.87. The lowest BCUT2D eigenvalue weighted by atomic mass is 10.2. The fraction of sp³-hybridized carbons (Fsp3) is 0.0417. The van der Waals surface area contributed by atoms with Gasteiger partial charge in [0.1, 0.15) is 6.54 Å². The van der Waals surface area contributed by atoms with Crippen LogP contribution in [-0.2, 0) is 9.59 Å². The van der Waals surface area contributed by atoms with Crippen molar-refractivity contribution in [3.63, 3.8) is 0 Å². The third-order valence-electron chi connectivity index (χ3n) is 5.07. The first-order valence-corrected chi connectivity index (χ1v) is 12.6. The lowest BCUT2D eigenvalue weighted by molar-refractivity contribution is -0.127. The molecule has 3 amide bonds. The number of hydrogen-bond acceptors (Lipinski definition) is 5. The molecule has 0 unspecified atom stereocenters. The van der Waals surface area contributed by atoms with Gasteiger partial charge in [-0.3, -0.25) is 24.2 Å². The number of amides is 3. The van der Waals surface area contributed by atoms with E-state index in [2.05, 4.69) is 15.9 Å². The highest BCUT2D eigenvalue weighted by Crippen LogP contribution is 2.49. The van der Waals surface area contributed by atoms with Crippen LogP contribution in [0, 0.1) is 0 Å². The summed E-state index contributed by atoms with van der Waals surface area (Å²) in [6.07, 6.45) is 1.66. The van der Waals surface area contributed by atoms with Crippen LogP contribution < -0.4 is 4.90 Å². The Hall–Kier alpha value is -2.52. The summed E-state index contributed by atoms with van der Waals surface area (Å²) in [4.78, 5) is 43.7. The summed E-state index contributed by atoms with van der Waals surface area (Å²) in [6.45, 7) is -0.368. The van der Waals surface area contributed by atoms with E-state index in [-0.39, 0.29) is 11.4 Å². The number of para-hydroxylation sites is 1. The minimum Gasteiger partial charge on any atom is -0.277 e. The van der Waals surface area contributed by atoms with Crippen LogP contribution in [-0.4, -0.2) is 28.5 Å². The van der Waals surface area contributed by atoms with E-state index in [9.17, 15) is 14.4 Å². The molecule has 0 N–H and O–H groups in total. The van der Waals surface area contributed by atoms with Gasteiger partial charge in [-0.1, -0.05) is 63.6 Å². The lowest BCUT2D eigenvalue weighted by Gasteiger charge is -2.32. The van der Waals surface area contributed by atoms with Crippen molar-refractivity contribution in [2.24, 2.45) is 0 Å². The smallest absolute Gasteiger partial charge is 0.277 e. The molecule has 2 aliphatic heterocycles. The van der Waals surface area contributed by atoms with E-state index < -0.39 is 17.1 Å². The number of halogens is 2. The van der Waals surface area contributed by atoms with E-state index in [1.165, 1.54) is 4.90 Å². The van der Waals surface area contributed by atoms with Gasteiger partial charge in [0.25, 0.3) is 17.1 Å². The molecule has 0 bridgehead atoms. The van der Waals surface area contributed by atoms with Crippen LogP contribution in [0.5, 0.6) is 0 Å². The third kappa shape index (κ3) is 4.36. The van der Waals surface area contributed by atoms with E-state index in [1.54, 1.807) is 30.0 Å². The Kier molecular flexibility index (Phi) is 6.09. The largest absolute Gasteiger partial charge is 0.294 e. The summed E-state index contributed by atoms with van der Waals surface area (Å²) >= 11 is 12.0. The second-order valence-electron chi connectivity index (χ2n) is 7.23.